The summed E-state index contributed by atoms with van der Waals surface area (Å²) in [5.41, 5.74) is 0.346. The van der Waals surface area contributed by atoms with Crippen molar-refractivity contribution in [3.63, 3.8) is 0 Å². The van der Waals surface area contributed by atoms with E-state index in [0.717, 1.165) is 25.7 Å². The Hall–Kier alpha value is -0.990. The summed E-state index contributed by atoms with van der Waals surface area (Å²) in [4.78, 5) is 11.6. The molecule has 0 bridgehead atoms. The molecule has 140 valence electrons. The molecule has 4 rings (SSSR count). The molecule has 2 saturated heterocycles. The van der Waals surface area contributed by atoms with Crippen molar-refractivity contribution in [3.05, 3.63) is 12.2 Å². The van der Waals surface area contributed by atoms with Gasteiger partial charge in [-0.15, -0.1) is 0 Å². The minimum Gasteiger partial charge on any atom is -0.460 e. The molecule has 0 aromatic heterocycles. The van der Waals surface area contributed by atoms with Gasteiger partial charge in [0, 0.05) is 37.7 Å². The maximum absolute atomic E-state index is 11.6. The molecule has 4 atom stereocenters. The lowest BCUT2D eigenvalue weighted by Crippen LogP contribution is -2.54. The average Bonchev–Trinajstić information content (AvgIpc) is 2.91. The van der Waals surface area contributed by atoms with Gasteiger partial charge >= 0.3 is 5.97 Å². The second kappa shape index (κ2) is 6.32. The summed E-state index contributed by atoms with van der Waals surface area (Å²) < 4.78 is 29.3. The minimum atomic E-state index is -1.08. The van der Waals surface area contributed by atoms with Gasteiger partial charge in [-0.1, -0.05) is 6.58 Å². The van der Waals surface area contributed by atoms with E-state index in [1.807, 2.05) is 0 Å². The first kappa shape index (κ1) is 17.4. The molecule has 0 radical (unpaired) electrons. The van der Waals surface area contributed by atoms with Crippen molar-refractivity contribution in [1.29, 1.82) is 0 Å². The summed E-state index contributed by atoms with van der Waals surface area (Å²) in [6, 6.07) is 0. The summed E-state index contributed by atoms with van der Waals surface area (Å²) in [6.45, 7) is 5.28. The second-order valence-electron chi connectivity index (χ2n) is 7.66. The molecule has 4 fully saturated rings. The highest BCUT2D eigenvalue weighted by Gasteiger charge is 2.58. The number of esters is 1. The van der Waals surface area contributed by atoms with Gasteiger partial charge in [0.05, 0.1) is 12.2 Å². The minimum absolute atomic E-state index is 0.101. The Morgan fingerprint density at radius 3 is 2.52 bits per heavy atom. The third-order valence-electron chi connectivity index (χ3n) is 5.51. The first-order valence-corrected chi connectivity index (χ1v) is 9.12. The van der Waals surface area contributed by atoms with Gasteiger partial charge in [0.15, 0.2) is 17.9 Å². The predicted octanol–water partition coefficient (Wildman–Crippen LogP) is 1.77. The fraction of sp³-hybridized carbons (Fsp3) is 0.833. The van der Waals surface area contributed by atoms with E-state index >= 15 is 0 Å². The van der Waals surface area contributed by atoms with Gasteiger partial charge in [0.25, 0.3) is 0 Å². The number of carbonyl (C=O) groups is 1. The van der Waals surface area contributed by atoms with E-state index < -0.39 is 23.8 Å². The molecule has 7 heteroatoms. The highest BCUT2D eigenvalue weighted by molar-refractivity contribution is 5.86. The van der Waals surface area contributed by atoms with Crippen LogP contribution in [0, 0.1) is 0 Å². The zero-order valence-corrected chi connectivity index (χ0v) is 14.6. The van der Waals surface area contributed by atoms with Gasteiger partial charge in [-0.05, 0) is 19.8 Å². The molecule has 2 saturated carbocycles. The van der Waals surface area contributed by atoms with E-state index in [1.54, 1.807) is 6.92 Å². The highest BCUT2D eigenvalue weighted by atomic mass is 16.8. The standard InChI is InChI=1S/C18H26O7/c1-11(2)15(19)21-10-12-9-13(23-17(20)5-3-6-17)14-16(22-12)25-18(24-14)7-4-8-18/h12-14,16,20H,1,3-10H2,2H3/t12?,13?,14-,16-/m1/s1. The molecule has 1 N–H and O–H groups in total. The highest BCUT2D eigenvalue weighted by Crippen LogP contribution is 2.48. The van der Waals surface area contributed by atoms with Crippen molar-refractivity contribution >= 4 is 5.97 Å². The molecule has 25 heavy (non-hydrogen) atoms. The largest absolute Gasteiger partial charge is 0.460 e. The fourth-order valence-electron chi connectivity index (χ4n) is 3.70. The number of hydrogen-bond donors (Lipinski definition) is 1. The monoisotopic (exact) mass is 354 g/mol. The molecule has 2 aliphatic carbocycles. The van der Waals surface area contributed by atoms with Crippen LogP contribution in [0.4, 0.5) is 0 Å². The van der Waals surface area contributed by atoms with Crippen LogP contribution in [0.25, 0.3) is 0 Å². The van der Waals surface area contributed by atoms with E-state index in [2.05, 4.69) is 6.58 Å². The Morgan fingerprint density at radius 2 is 1.96 bits per heavy atom. The average molecular weight is 354 g/mol. The number of ether oxygens (including phenoxy) is 5. The number of hydrogen-bond acceptors (Lipinski definition) is 7. The van der Waals surface area contributed by atoms with E-state index in [-0.39, 0.29) is 24.9 Å². The quantitative estimate of drug-likeness (QED) is 0.458. The summed E-state index contributed by atoms with van der Waals surface area (Å²) >= 11 is 0. The van der Waals surface area contributed by atoms with Crippen LogP contribution < -0.4 is 0 Å². The zero-order chi connectivity index (χ0) is 17.7. The predicted molar refractivity (Wildman–Crippen MR) is 85.3 cm³/mol. The van der Waals surface area contributed by atoms with Crippen LogP contribution in [0.1, 0.15) is 51.9 Å². The molecule has 1 spiro atoms. The molecule has 2 aliphatic heterocycles. The summed E-state index contributed by atoms with van der Waals surface area (Å²) in [5.74, 6) is -2.09. The molecule has 2 heterocycles. The van der Waals surface area contributed by atoms with E-state index in [1.165, 1.54) is 0 Å². The zero-order valence-electron chi connectivity index (χ0n) is 14.6. The number of rotatable bonds is 5. The smallest absolute Gasteiger partial charge is 0.333 e. The van der Waals surface area contributed by atoms with Crippen molar-refractivity contribution in [3.8, 4) is 0 Å². The van der Waals surface area contributed by atoms with Crippen molar-refractivity contribution in [1.82, 2.24) is 0 Å². The van der Waals surface area contributed by atoms with E-state index in [0.29, 0.717) is 24.8 Å². The van der Waals surface area contributed by atoms with Crippen molar-refractivity contribution in [2.24, 2.45) is 0 Å². The van der Waals surface area contributed by atoms with Crippen LogP contribution in [0.3, 0.4) is 0 Å². The van der Waals surface area contributed by atoms with Crippen LogP contribution in [0.15, 0.2) is 12.2 Å². The lowest BCUT2D eigenvalue weighted by atomic mass is 9.90. The van der Waals surface area contributed by atoms with E-state index in [4.69, 9.17) is 23.7 Å². The number of aliphatic hydroxyl groups is 1. The van der Waals surface area contributed by atoms with Gasteiger partial charge < -0.3 is 28.8 Å². The molecule has 0 amide bonds. The Bertz CT molecular complexity index is 552. The van der Waals surface area contributed by atoms with Crippen molar-refractivity contribution < 1.29 is 33.6 Å². The third kappa shape index (κ3) is 3.36. The van der Waals surface area contributed by atoms with Crippen LogP contribution in [-0.2, 0) is 28.5 Å². The molecular weight excluding hydrogens is 328 g/mol. The lowest BCUT2D eigenvalue weighted by molar-refractivity contribution is -0.310. The van der Waals surface area contributed by atoms with Crippen molar-refractivity contribution in [2.45, 2.75) is 88.0 Å². The molecule has 0 aromatic carbocycles. The van der Waals surface area contributed by atoms with Crippen LogP contribution in [0.5, 0.6) is 0 Å². The molecule has 7 nitrogen and oxygen atoms in total. The maximum Gasteiger partial charge on any atom is 0.333 e. The van der Waals surface area contributed by atoms with Crippen LogP contribution in [-0.4, -0.2) is 53.9 Å². The first-order valence-electron chi connectivity index (χ1n) is 9.12. The molecule has 0 aromatic rings. The first-order chi connectivity index (χ1) is 11.9. The van der Waals surface area contributed by atoms with Gasteiger partial charge in [0.1, 0.15) is 12.7 Å². The van der Waals surface area contributed by atoms with Gasteiger partial charge in [0.2, 0.25) is 0 Å². The molecular formula is C18H26O7. The lowest BCUT2D eigenvalue weighted by Gasteiger charge is -2.44. The SMILES string of the molecule is C=C(C)C(=O)OCC1CC(OC2(O)CCC2)[C@H]2OC3(CCC3)O[C@H]2O1. The third-order valence-corrected chi connectivity index (χ3v) is 5.51. The van der Waals surface area contributed by atoms with Gasteiger partial charge in [-0.25, -0.2) is 4.79 Å². The van der Waals surface area contributed by atoms with E-state index in [9.17, 15) is 9.90 Å². The molecule has 2 unspecified atom stereocenters. The van der Waals surface area contributed by atoms with Gasteiger partial charge in [-0.3, -0.25) is 0 Å². The van der Waals surface area contributed by atoms with Gasteiger partial charge in [-0.2, -0.15) is 0 Å². The van der Waals surface area contributed by atoms with Crippen molar-refractivity contribution in [2.75, 3.05) is 6.61 Å². The normalized spacial score (nSPS) is 37.7. The number of fused-ring (bicyclic) bond motifs is 1. The topological polar surface area (TPSA) is 83.5 Å². The summed E-state index contributed by atoms with van der Waals surface area (Å²) in [6.07, 6.45) is 3.80. The Morgan fingerprint density at radius 1 is 1.24 bits per heavy atom. The van der Waals surface area contributed by atoms with Crippen LogP contribution >= 0.6 is 0 Å². The maximum atomic E-state index is 11.6. The van der Waals surface area contributed by atoms with Crippen LogP contribution in [0.2, 0.25) is 0 Å². The summed E-state index contributed by atoms with van der Waals surface area (Å²) in [5, 5.41) is 10.4. The second-order valence-corrected chi connectivity index (χ2v) is 7.66. The Balaban J connectivity index is 1.43. The number of carbonyl (C=O) groups excluding carboxylic acids is 1. The Labute approximate surface area is 147 Å². The summed E-state index contributed by atoms with van der Waals surface area (Å²) in [7, 11) is 0. The Kier molecular flexibility index (Phi) is 4.40. The molecule has 4 aliphatic rings. The fourth-order valence-corrected chi connectivity index (χ4v) is 3.70.